The van der Waals surface area contributed by atoms with Gasteiger partial charge < -0.3 is 5.11 Å². The van der Waals surface area contributed by atoms with E-state index in [1.165, 1.54) is 6.20 Å². The van der Waals surface area contributed by atoms with Crippen molar-refractivity contribution in [2.24, 2.45) is 0 Å². The van der Waals surface area contributed by atoms with Crippen molar-refractivity contribution >= 4 is 29.3 Å². The molecule has 0 atom stereocenters. The Kier molecular flexibility index (Phi) is 3.87. The molecule has 0 unspecified atom stereocenters. The Hall–Kier alpha value is -1.54. The van der Waals surface area contributed by atoms with Crippen molar-refractivity contribution in [2.45, 2.75) is 22.7 Å². The molecule has 2 aromatic heterocycles. The molecule has 0 aliphatic heterocycles. The zero-order chi connectivity index (χ0) is 13.1. The van der Waals surface area contributed by atoms with Crippen molar-refractivity contribution in [1.82, 2.24) is 14.3 Å². The van der Waals surface area contributed by atoms with Crippen LogP contribution in [0.5, 0.6) is 0 Å². The molecule has 0 saturated heterocycles. The molecule has 2 aromatic rings. The standard InChI is InChI=1S/C10H8FN3O2S2/c1-2-6-13-10(18-14-6)17-8-7(11)5(9(15)16)3-4-12-8/h3-4H,2H2,1H3,(H,15,16). The quantitative estimate of drug-likeness (QED) is 0.930. The van der Waals surface area contributed by atoms with Gasteiger partial charge in [-0.25, -0.2) is 19.2 Å². The van der Waals surface area contributed by atoms with Crippen LogP contribution in [0.15, 0.2) is 21.6 Å². The molecule has 2 rings (SSSR count). The summed E-state index contributed by atoms with van der Waals surface area (Å²) in [5.41, 5.74) is -0.396. The smallest absolute Gasteiger partial charge is 0.338 e. The minimum Gasteiger partial charge on any atom is -0.478 e. The molecule has 8 heteroatoms. The van der Waals surface area contributed by atoms with Gasteiger partial charge in [-0.2, -0.15) is 4.37 Å². The van der Waals surface area contributed by atoms with E-state index in [0.717, 1.165) is 29.4 Å². The number of aromatic carboxylic acids is 1. The van der Waals surface area contributed by atoms with Crippen molar-refractivity contribution in [3.05, 3.63) is 29.5 Å². The number of halogens is 1. The first-order valence-electron chi connectivity index (χ1n) is 5.00. The average molecular weight is 285 g/mol. The summed E-state index contributed by atoms with van der Waals surface area (Å²) >= 11 is 2.12. The SMILES string of the molecule is CCc1nsc(Sc2nccc(C(=O)O)c2F)n1. The van der Waals surface area contributed by atoms with E-state index >= 15 is 0 Å². The summed E-state index contributed by atoms with van der Waals surface area (Å²) in [4.78, 5) is 18.7. The zero-order valence-corrected chi connectivity index (χ0v) is 10.9. The van der Waals surface area contributed by atoms with E-state index in [0.29, 0.717) is 16.6 Å². The van der Waals surface area contributed by atoms with Crippen LogP contribution in [0, 0.1) is 5.82 Å². The number of carbonyl (C=O) groups is 1. The lowest BCUT2D eigenvalue weighted by Crippen LogP contribution is -2.02. The molecule has 0 amide bonds. The highest BCUT2D eigenvalue weighted by Crippen LogP contribution is 2.30. The lowest BCUT2D eigenvalue weighted by atomic mass is 10.3. The first-order valence-corrected chi connectivity index (χ1v) is 6.59. The number of aryl methyl sites for hydroxylation is 1. The van der Waals surface area contributed by atoms with E-state index in [4.69, 9.17) is 5.11 Å². The second-order valence-electron chi connectivity index (χ2n) is 3.21. The maximum absolute atomic E-state index is 13.8. The van der Waals surface area contributed by atoms with Gasteiger partial charge in [0, 0.05) is 12.6 Å². The summed E-state index contributed by atoms with van der Waals surface area (Å²) in [6.07, 6.45) is 1.96. The highest BCUT2D eigenvalue weighted by molar-refractivity contribution is 8.00. The van der Waals surface area contributed by atoms with Crippen LogP contribution in [-0.2, 0) is 6.42 Å². The Morgan fingerprint density at radius 1 is 1.61 bits per heavy atom. The van der Waals surface area contributed by atoms with Gasteiger partial charge in [0.2, 0.25) is 0 Å². The van der Waals surface area contributed by atoms with Gasteiger partial charge in [-0.1, -0.05) is 6.92 Å². The van der Waals surface area contributed by atoms with Crippen molar-refractivity contribution < 1.29 is 14.3 Å². The molecule has 2 heterocycles. The minimum absolute atomic E-state index is 0.00583. The molecule has 18 heavy (non-hydrogen) atoms. The largest absolute Gasteiger partial charge is 0.478 e. The predicted octanol–water partition coefficient (Wildman–Crippen LogP) is 2.48. The molecule has 0 bridgehead atoms. The fourth-order valence-electron chi connectivity index (χ4n) is 1.17. The number of hydrogen-bond acceptors (Lipinski definition) is 6. The third-order valence-electron chi connectivity index (χ3n) is 2.04. The van der Waals surface area contributed by atoms with Gasteiger partial charge in [-0.3, -0.25) is 0 Å². The second kappa shape index (κ2) is 5.40. The van der Waals surface area contributed by atoms with Crippen LogP contribution in [0.25, 0.3) is 0 Å². The van der Waals surface area contributed by atoms with Crippen LogP contribution in [0.2, 0.25) is 0 Å². The number of carboxylic acid groups (broad SMARTS) is 1. The molecule has 0 aromatic carbocycles. The summed E-state index contributed by atoms with van der Waals surface area (Å²) in [5.74, 6) is -1.48. The average Bonchev–Trinajstić information content (AvgIpc) is 2.79. The zero-order valence-electron chi connectivity index (χ0n) is 9.25. The van der Waals surface area contributed by atoms with Crippen LogP contribution in [-0.4, -0.2) is 25.4 Å². The van der Waals surface area contributed by atoms with E-state index < -0.39 is 17.3 Å². The Balaban J connectivity index is 2.29. The van der Waals surface area contributed by atoms with Crippen LogP contribution in [0.4, 0.5) is 4.39 Å². The van der Waals surface area contributed by atoms with Crippen LogP contribution in [0.3, 0.4) is 0 Å². The van der Waals surface area contributed by atoms with Gasteiger partial charge in [0.05, 0.1) is 5.56 Å². The summed E-state index contributed by atoms with van der Waals surface area (Å²) < 4.78 is 18.4. The summed E-state index contributed by atoms with van der Waals surface area (Å²) in [6.45, 7) is 1.92. The van der Waals surface area contributed by atoms with Crippen LogP contribution >= 0.6 is 23.3 Å². The molecule has 0 aliphatic rings. The molecule has 0 fully saturated rings. The van der Waals surface area contributed by atoms with Gasteiger partial charge in [-0.15, -0.1) is 0 Å². The number of nitrogens with zero attached hydrogens (tertiary/aromatic N) is 3. The van der Waals surface area contributed by atoms with E-state index in [2.05, 4.69) is 14.3 Å². The fourth-order valence-corrected chi connectivity index (χ4v) is 2.79. The minimum atomic E-state index is -1.32. The van der Waals surface area contributed by atoms with E-state index in [1.807, 2.05) is 6.92 Å². The van der Waals surface area contributed by atoms with E-state index in [1.54, 1.807) is 0 Å². The number of rotatable bonds is 4. The Morgan fingerprint density at radius 2 is 2.39 bits per heavy atom. The number of hydrogen-bond donors (Lipinski definition) is 1. The second-order valence-corrected chi connectivity index (χ2v) is 5.20. The molecule has 94 valence electrons. The van der Waals surface area contributed by atoms with Crippen LogP contribution < -0.4 is 0 Å². The Bertz CT molecular complexity index is 588. The third kappa shape index (κ3) is 2.65. The predicted molar refractivity (Wildman–Crippen MR) is 64.6 cm³/mol. The van der Waals surface area contributed by atoms with Gasteiger partial charge in [-0.05, 0) is 29.4 Å². The van der Waals surface area contributed by atoms with E-state index in [9.17, 15) is 9.18 Å². The molecule has 1 N–H and O–H groups in total. The summed E-state index contributed by atoms with van der Waals surface area (Å²) in [7, 11) is 0. The van der Waals surface area contributed by atoms with Crippen molar-refractivity contribution in [1.29, 1.82) is 0 Å². The molecular formula is C10H8FN3O2S2. The molecule has 0 saturated carbocycles. The van der Waals surface area contributed by atoms with Gasteiger partial charge in [0.25, 0.3) is 0 Å². The maximum Gasteiger partial charge on any atom is 0.338 e. The van der Waals surface area contributed by atoms with Crippen LogP contribution in [0.1, 0.15) is 23.1 Å². The fraction of sp³-hybridized carbons (Fsp3) is 0.200. The number of carboxylic acids is 1. The summed E-state index contributed by atoms with van der Waals surface area (Å²) in [5, 5.41) is 8.79. The van der Waals surface area contributed by atoms with Gasteiger partial charge >= 0.3 is 5.97 Å². The molecule has 0 radical (unpaired) electrons. The highest BCUT2D eigenvalue weighted by Gasteiger charge is 2.17. The monoisotopic (exact) mass is 285 g/mol. The van der Waals surface area contributed by atoms with Crippen molar-refractivity contribution in [3.63, 3.8) is 0 Å². The van der Waals surface area contributed by atoms with Crippen molar-refractivity contribution in [3.8, 4) is 0 Å². The maximum atomic E-state index is 13.8. The van der Waals surface area contributed by atoms with E-state index in [-0.39, 0.29) is 5.03 Å². The lowest BCUT2D eigenvalue weighted by Gasteiger charge is -2.01. The van der Waals surface area contributed by atoms with Gasteiger partial charge in [0.15, 0.2) is 10.2 Å². The number of aromatic nitrogens is 3. The topological polar surface area (TPSA) is 76.0 Å². The molecule has 0 spiro atoms. The summed E-state index contributed by atoms with van der Waals surface area (Å²) in [6, 6.07) is 1.12. The normalized spacial score (nSPS) is 10.6. The van der Waals surface area contributed by atoms with Gasteiger partial charge in [0.1, 0.15) is 10.9 Å². The molecular weight excluding hydrogens is 277 g/mol. The third-order valence-corrected chi connectivity index (χ3v) is 3.80. The first-order chi connectivity index (χ1) is 8.61. The van der Waals surface area contributed by atoms with Crippen molar-refractivity contribution in [2.75, 3.05) is 0 Å². The molecule has 5 nitrogen and oxygen atoms in total. The lowest BCUT2D eigenvalue weighted by molar-refractivity contribution is 0.0691. The number of pyridine rings is 1. The Morgan fingerprint density at radius 3 is 3.00 bits per heavy atom. The Labute approximate surface area is 110 Å². The molecule has 0 aliphatic carbocycles. The first kappa shape index (κ1) is 12.9. The highest BCUT2D eigenvalue weighted by atomic mass is 32.2.